The second kappa shape index (κ2) is 30.5. The van der Waals surface area contributed by atoms with Gasteiger partial charge < -0.3 is 15.5 Å². The number of nitrogens with one attached hydrogen (secondary N) is 1. The summed E-state index contributed by atoms with van der Waals surface area (Å²) in [6.45, 7) is 13.9. The first-order chi connectivity index (χ1) is 11.9. The molecule has 0 heterocycles. The van der Waals surface area contributed by atoms with Gasteiger partial charge in [-0.05, 0) is 24.7 Å². The number of carbonyl (C=O) groups excluding carboxylic acids is 1. The van der Waals surface area contributed by atoms with Crippen LogP contribution in [0.25, 0.3) is 0 Å². The highest BCUT2D eigenvalue weighted by Gasteiger charge is 2.13. The van der Waals surface area contributed by atoms with Crippen molar-refractivity contribution in [3.8, 4) is 0 Å². The van der Waals surface area contributed by atoms with E-state index in [4.69, 9.17) is 10.2 Å². The average Bonchev–Trinajstić information content (AvgIpc) is 3.10. The number of amides is 1. The van der Waals surface area contributed by atoms with Gasteiger partial charge in [0.1, 0.15) is 6.54 Å². The summed E-state index contributed by atoms with van der Waals surface area (Å²) >= 11 is 0. The molecule has 1 aliphatic rings. The lowest BCUT2D eigenvalue weighted by Crippen LogP contribution is -2.20. The molecule has 5 nitrogen and oxygen atoms in total. The van der Waals surface area contributed by atoms with Crippen molar-refractivity contribution in [2.45, 2.75) is 79.6 Å². The van der Waals surface area contributed by atoms with Crippen LogP contribution in [0.1, 0.15) is 79.6 Å². The van der Waals surface area contributed by atoms with Crippen LogP contribution in [0.4, 0.5) is 0 Å². The van der Waals surface area contributed by atoms with Crippen LogP contribution in [0.15, 0.2) is 12.7 Å². The van der Waals surface area contributed by atoms with Crippen molar-refractivity contribution in [2.75, 3.05) is 13.7 Å². The fourth-order valence-electron chi connectivity index (χ4n) is 1.98. The van der Waals surface area contributed by atoms with Gasteiger partial charge in [-0.15, -0.1) is 6.58 Å². The Bertz CT molecular complexity index is 260. The molecule has 25 heavy (non-hydrogen) atoms. The van der Waals surface area contributed by atoms with Crippen LogP contribution in [-0.4, -0.2) is 36.2 Å². The number of unbranched alkanes of at least 4 members (excludes halogenated alkanes) is 1. The lowest BCUT2D eigenvalue weighted by Gasteiger charge is -2.05. The number of aliphatic hydroxyl groups is 1. The van der Waals surface area contributed by atoms with E-state index in [1.54, 1.807) is 0 Å². The predicted octanol–water partition coefficient (Wildman–Crippen LogP) is 4.65. The molecule has 5 heteroatoms. The summed E-state index contributed by atoms with van der Waals surface area (Å²) in [5, 5.41) is 16.8. The summed E-state index contributed by atoms with van der Waals surface area (Å²) in [6, 6.07) is 0. The highest BCUT2D eigenvalue weighted by molar-refractivity contribution is 5.71. The molecule has 1 aliphatic carbocycles. The Morgan fingerprint density at radius 3 is 1.92 bits per heavy atom. The van der Waals surface area contributed by atoms with Gasteiger partial charge in [0.15, 0.2) is 0 Å². The molecule has 0 bridgehead atoms. The Balaban J connectivity index is -0.000000129. The van der Waals surface area contributed by atoms with E-state index in [0.717, 1.165) is 18.9 Å². The zero-order valence-electron chi connectivity index (χ0n) is 17.4. The fourth-order valence-corrected chi connectivity index (χ4v) is 1.98. The minimum absolute atomic E-state index is 0.302. The monoisotopic (exact) mass is 361 g/mol. The van der Waals surface area contributed by atoms with Gasteiger partial charge in [0.25, 0.3) is 0 Å². The maximum absolute atomic E-state index is 9.54. The zero-order valence-corrected chi connectivity index (χ0v) is 17.4. The maximum atomic E-state index is 9.54. The lowest BCUT2D eigenvalue weighted by molar-refractivity contribution is -0.136. The van der Waals surface area contributed by atoms with Crippen LogP contribution in [0.5, 0.6) is 0 Å². The number of carboxylic acids is 1. The number of hydrogen-bond acceptors (Lipinski definition) is 3. The summed E-state index contributed by atoms with van der Waals surface area (Å²) < 4.78 is 0. The molecule has 0 aromatic heterocycles. The van der Waals surface area contributed by atoms with Crippen LogP contribution in [0.2, 0.25) is 0 Å². The van der Waals surface area contributed by atoms with E-state index in [1.165, 1.54) is 44.9 Å². The predicted molar refractivity (Wildman–Crippen MR) is 108 cm³/mol. The van der Waals surface area contributed by atoms with Crippen LogP contribution < -0.4 is 5.32 Å². The number of carboxylic acid groups (broad SMARTS) is 1. The van der Waals surface area contributed by atoms with Crippen molar-refractivity contribution < 1.29 is 19.8 Å². The summed E-state index contributed by atoms with van der Waals surface area (Å²) in [6.07, 6.45) is 12.4. The molecule has 0 aromatic rings. The highest BCUT2D eigenvalue weighted by atomic mass is 16.4. The summed E-state index contributed by atoms with van der Waals surface area (Å²) in [7, 11) is 1.00. The first-order valence-electron chi connectivity index (χ1n) is 9.38. The third kappa shape index (κ3) is 45.0. The smallest absolute Gasteiger partial charge is 0.322 e. The van der Waals surface area contributed by atoms with E-state index >= 15 is 0 Å². The molecule has 1 saturated carbocycles. The van der Waals surface area contributed by atoms with E-state index in [2.05, 4.69) is 27.4 Å². The third-order valence-corrected chi connectivity index (χ3v) is 2.83. The van der Waals surface area contributed by atoms with E-state index in [0.29, 0.717) is 6.41 Å². The normalized spacial score (nSPS) is 11.8. The Labute approximate surface area is 155 Å². The van der Waals surface area contributed by atoms with Gasteiger partial charge >= 0.3 is 5.97 Å². The summed E-state index contributed by atoms with van der Waals surface area (Å²) in [4.78, 5) is 18.9. The largest absolute Gasteiger partial charge is 0.480 e. The molecular formula is C20H43NO4. The van der Waals surface area contributed by atoms with E-state index in [9.17, 15) is 9.59 Å². The first kappa shape index (κ1) is 31.4. The highest BCUT2D eigenvalue weighted by Crippen LogP contribution is 2.28. The van der Waals surface area contributed by atoms with E-state index in [1.807, 2.05) is 25.2 Å². The minimum atomic E-state index is -1.04. The Morgan fingerprint density at radius 2 is 1.64 bits per heavy atom. The molecular weight excluding hydrogens is 318 g/mol. The van der Waals surface area contributed by atoms with Gasteiger partial charge in [-0.25, -0.2) is 0 Å². The SMILES string of the molecule is C=CCCCC1CCCC1.CC.CC(C)C.CO.O=CNCC(=O)O. The molecule has 0 saturated heterocycles. The topological polar surface area (TPSA) is 86.6 Å². The quantitative estimate of drug-likeness (QED) is 0.350. The molecule has 0 unspecified atom stereocenters. The molecule has 0 radical (unpaired) electrons. The molecule has 0 atom stereocenters. The van der Waals surface area contributed by atoms with Crippen molar-refractivity contribution in [1.29, 1.82) is 0 Å². The number of aliphatic carboxylic acids is 1. The number of carbonyl (C=O) groups is 2. The van der Waals surface area contributed by atoms with Gasteiger partial charge in [0.2, 0.25) is 6.41 Å². The van der Waals surface area contributed by atoms with Gasteiger partial charge in [0.05, 0.1) is 0 Å². The number of hydrogen-bond donors (Lipinski definition) is 3. The summed E-state index contributed by atoms with van der Waals surface area (Å²) in [5.41, 5.74) is 0. The molecule has 1 amide bonds. The number of allylic oxidation sites excluding steroid dienone is 1. The Hall–Kier alpha value is -1.36. The second-order valence-electron chi connectivity index (χ2n) is 5.99. The van der Waals surface area contributed by atoms with Crippen molar-refractivity contribution in [1.82, 2.24) is 5.32 Å². The fraction of sp³-hybridized carbons (Fsp3) is 0.800. The van der Waals surface area contributed by atoms with Crippen molar-refractivity contribution in [2.24, 2.45) is 11.8 Å². The van der Waals surface area contributed by atoms with Crippen molar-refractivity contribution in [3.05, 3.63) is 12.7 Å². The van der Waals surface area contributed by atoms with Crippen LogP contribution in [0, 0.1) is 11.8 Å². The number of rotatable bonds is 7. The van der Waals surface area contributed by atoms with Gasteiger partial charge in [0, 0.05) is 7.11 Å². The van der Waals surface area contributed by atoms with Crippen molar-refractivity contribution in [3.63, 3.8) is 0 Å². The van der Waals surface area contributed by atoms with E-state index in [-0.39, 0.29) is 6.54 Å². The van der Waals surface area contributed by atoms with Crippen LogP contribution in [0.3, 0.4) is 0 Å². The molecule has 152 valence electrons. The molecule has 0 aromatic carbocycles. The lowest BCUT2D eigenvalue weighted by atomic mass is 10.0. The molecule has 3 N–H and O–H groups in total. The Kier molecular flexibility index (Phi) is 38.3. The maximum Gasteiger partial charge on any atom is 0.322 e. The van der Waals surface area contributed by atoms with Crippen LogP contribution >= 0.6 is 0 Å². The zero-order chi connectivity index (χ0) is 20.5. The third-order valence-electron chi connectivity index (χ3n) is 2.83. The molecule has 1 fully saturated rings. The standard InChI is InChI=1S/C10H18.C4H10.C3H5NO3.C2H6.CH4O/c1-2-3-4-7-10-8-5-6-9-10;1-4(2)3;5-2-4-1-3(6)7;2*1-2/h2,10H,1,3-9H2;4H,1-3H3;2H,1H2,(H,4,5)(H,6,7);1-2H3;2H,1H3. The minimum Gasteiger partial charge on any atom is -0.480 e. The van der Waals surface area contributed by atoms with E-state index < -0.39 is 5.97 Å². The second-order valence-corrected chi connectivity index (χ2v) is 5.99. The molecule has 0 spiro atoms. The Morgan fingerprint density at radius 1 is 1.20 bits per heavy atom. The van der Waals surface area contributed by atoms with Gasteiger partial charge in [-0.3, -0.25) is 9.59 Å². The first-order valence-corrected chi connectivity index (χ1v) is 9.38. The molecule has 1 rings (SSSR count). The molecule has 0 aliphatic heterocycles. The van der Waals surface area contributed by atoms with Crippen LogP contribution in [-0.2, 0) is 9.59 Å². The average molecular weight is 362 g/mol. The van der Waals surface area contributed by atoms with Crippen molar-refractivity contribution >= 4 is 12.4 Å². The van der Waals surface area contributed by atoms with Gasteiger partial charge in [-0.1, -0.05) is 72.8 Å². The number of aliphatic hydroxyl groups excluding tert-OH is 1. The van der Waals surface area contributed by atoms with Gasteiger partial charge in [-0.2, -0.15) is 0 Å². The summed E-state index contributed by atoms with van der Waals surface area (Å²) in [5.74, 6) is 0.868.